The number of sulfone groups is 1. The Kier molecular flexibility index (Phi) is 6.17. The molecule has 1 fully saturated rings. The van der Waals surface area contributed by atoms with E-state index < -0.39 is 9.84 Å². The second kappa shape index (κ2) is 8.60. The van der Waals surface area contributed by atoms with Crippen LogP contribution in [0.1, 0.15) is 30.1 Å². The number of aromatic nitrogens is 1. The van der Waals surface area contributed by atoms with Crippen molar-refractivity contribution in [3.8, 4) is 0 Å². The fourth-order valence-corrected chi connectivity index (χ4v) is 4.13. The van der Waals surface area contributed by atoms with Crippen LogP contribution in [0.4, 0.5) is 11.5 Å². The van der Waals surface area contributed by atoms with Crippen molar-refractivity contribution < 1.29 is 18.0 Å². The van der Waals surface area contributed by atoms with E-state index in [1.54, 1.807) is 25.3 Å². The number of amides is 2. The molecule has 154 valence electrons. The lowest BCUT2D eigenvalue weighted by molar-refractivity contribution is -0.122. The van der Waals surface area contributed by atoms with Crippen LogP contribution in [0.25, 0.3) is 0 Å². The minimum absolute atomic E-state index is 0.00770. The molecule has 1 saturated heterocycles. The van der Waals surface area contributed by atoms with Gasteiger partial charge in [0.25, 0.3) is 5.91 Å². The number of rotatable bonds is 6. The highest BCUT2D eigenvalue weighted by Gasteiger charge is 2.24. The van der Waals surface area contributed by atoms with Crippen molar-refractivity contribution in [1.82, 2.24) is 4.98 Å². The maximum Gasteiger partial charge on any atom is 0.255 e. The Morgan fingerprint density at radius 1 is 1.21 bits per heavy atom. The number of anilines is 2. The molecule has 0 saturated carbocycles. The zero-order valence-corrected chi connectivity index (χ0v) is 17.0. The standard InChI is InChI=1S/C20H24N4O4S/c1-2-29(27,28)17-8-5-14(6-9-17)20(26)23-16-7-10-18(22-12-16)24-11-3-4-15(13-24)19(21)25/h5-10,12,15H,2-4,11,13H2,1H3,(H2,21,25)(H,23,26). The molecule has 0 bridgehead atoms. The first-order valence-corrected chi connectivity index (χ1v) is 11.1. The number of benzene rings is 1. The van der Waals surface area contributed by atoms with Gasteiger partial charge in [0, 0.05) is 18.7 Å². The van der Waals surface area contributed by atoms with Crippen LogP contribution in [-0.4, -0.2) is 44.1 Å². The number of nitrogens with two attached hydrogens (primary N) is 1. The quantitative estimate of drug-likeness (QED) is 0.741. The van der Waals surface area contributed by atoms with Crippen molar-refractivity contribution in [2.24, 2.45) is 11.7 Å². The third kappa shape index (κ3) is 4.92. The number of piperidine rings is 1. The third-order valence-corrected chi connectivity index (χ3v) is 6.76. The van der Waals surface area contributed by atoms with Gasteiger partial charge in [0.15, 0.2) is 9.84 Å². The molecule has 1 aromatic heterocycles. The molecule has 3 N–H and O–H groups in total. The van der Waals surface area contributed by atoms with Crippen molar-refractivity contribution in [3.63, 3.8) is 0 Å². The van der Waals surface area contributed by atoms with E-state index in [-0.39, 0.29) is 28.4 Å². The molecule has 1 aromatic carbocycles. The van der Waals surface area contributed by atoms with Gasteiger partial charge >= 0.3 is 0 Å². The minimum atomic E-state index is -3.30. The summed E-state index contributed by atoms with van der Waals surface area (Å²) in [7, 11) is -3.30. The van der Waals surface area contributed by atoms with Crippen LogP contribution in [0.2, 0.25) is 0 Å². The van der Waals surface area contributed by atoms with Gasteiger partial charge in [-0.25, -0.2) is 13.4 Å². The first-order chi connectivity index (χ1) is 13.8. The fraction of sp³-hybridized carbons (Fsp3) is 0.350. The van der Waals surface area contributed by atoms with Crippen LogP contribution in [-0.2, 0) is 14.6 Å². The molecule has 2 aromatic rings. The lowest BCUT2D eigenvalue weighted by atomic mass is 9.97. The second-order valence-electron chi connectivity index (χ2n) is 6.97. The lowest BCUT2D eigenvalue weighted by Crippen LogP contribution is -2.41. The van der Waals surface area contributed by atoms with E-state index in [1.807, 2.05) is 4.90 Å². The summed E-state index contributed by atoms with van der Waals surface area (Å²) in [4.78, 5) is 30.4. The Hall–Kier alpha value is -2.94. The molecule has 2 heterocycles. The van der Waals surface area contributed by atoms with Crippen LogP contribution in [0.15, 0.2) is 47.5 Å². The summed E-state index contributed by atoms with van der Waals surface area (Å²) in [5.41, 5.74) is 6.29. The van der Waals surface area contributed by atoms with E-state index in [0.29, 0.717) is 17.8 Å². The van der Waals surface area contributed by atoms with E-state index in [1.165, 1.54) is 24.3 Å². The maximum absolute atomic E-state index is 12.4. The summed E-state index contributed by atoms with van der Waals surface area (Å²) in [6, 6.07) is 9.36. The molecule has 1 atom stereocenters. The number of hydrogen-bond donors (Lipinski definition) is 2. The van der Waals surface area contributed by atoms with Crippen molar-refractivity contribution >= 4 is 33.2 Å². The van der Waals surface area contributed by atoms with Crippen molar-refractivity contribution in [1.29, 1.82) is 0 Å². The van der Waals surface area contributed by atoms with Crippen LogP contribution < -0.4 is 16.0 Å². The smallest absolute Gasteiger partial charge is 0.255 e. The highest BCUT2D eigenvalue weighted by atomic mass is 32.2. The van der Waals surface area contributed by atoms with Gasteiger partial charge < -0.3 is 16.0 Å². The van der Waals surface area contributed by atoms with Crippen molar-refractivity contribution in [3.05, 3.63) is 48.2 Å². The Balaban J connectivity index is 1.65. The van der Waals surface area contributed by atoms with Crippen LogP contribution in [0, 0.1) is 5.92 Å². The summed E-state index contributed by atoms with van der Waals surface area (Å²) >= 11 is 0. The largest absolute Gasteiger partial charge is 0.369 e. The molecule has 0 radical (unpaired) electrons. The predicted molar refractivity (Wildman–Crippen MR) is 110 cm³/mol. The van der Waals surface area contributed by atoms with Crippen LogP contribution in [0.5, 0.6) is 0 Å². The van der Waals surface area contributed by atoms with Crippen molar-refractivity contribution in [2.45, 2.75) is 24.7 Å². The van der Waals surface area contributed by atoms with Crippen LogP contribution in [0.3, 0.4) is 0 Å². The Morgan fingerprint density at radius 2 is 1.93 bits per heavy atom. The molecule has 0 aliphatic carbocycles. The van der Waals surface area contributed by atoms with Gasteiger partial charge in [-0.05, 0) is 49.2 Å². The second-order valence-corrected chi connectivity index (χ2v) is 9.25. The molecule has 8 nitrogen and oxygen atoms in total. The van der Waals surface area contributed by atoms with E-state index in [4.69, 9.17) is 5.73 Å². The zero-order chi connectivity index (χ0) is 21.0. The molecule has 9 heteroatoms. The molecule has 0 spiro atoms. The van der Waals surface area contributed by atoms with Gasteiger partial charge in [0.1, 0.15) is 5.82 Å². The van der Waals surface area contributed by atoms with Gasteiger partial charge in [-0.3, -0.25) is 9.59 Å². The molecule has 1 aliphatic rings. The van der Waals surface area contributed by atoms with Gasteiger partial charge in [0.05, 0.1) is 28.5 Å². The maximum atomic E-state index is 12.4. The summed E-state index contributed by atoms with van der Waals surface area (Å²) in [5.74, 6) is -0.0936. The molecule has 1 unspecified atom stereocenters. The average Bonchev–Trinajstić information content (AvgIpc) is 2.74. The minimum Gasteiger partial charge on any atom is -0.369 e. The number of nitrogens with zero attached hydrogens (tertiary/aromatic N) is 2. The van der Waals surface area contributed by atoms with Gasteiger partial charge in [0.2, 0.25) is 5.91 Å². The van der Waals surface area contributed by atoms with E-state index in [2.05, 4.69) is 10.3 Å². The fourth-order valence-electron chi connectivity index (χ4n) is 3.25. The number of carbonyl (C=O) groups is 2. The number of pyridine rings is 1. The number of carbonyl (C=O) groups excluding carboxylic acids is 2. The monoisotopic (exact) mass is 416 g/mol. The number of hydrogen-bond acceptors (Lipinski definition) is 6. The Bertz CT molecular complexity index is 988. The normalized spacial score (nSPS) is 17.0. The zero-order valence-electron chi connectivity index (χ0n) is 16.2. The average molecular weight is 417 g/mol. The van der Waals surface area contributed by atoms with E-state index in [0.717, 1.165) is 25.2 Å². The van der Waals surface area contributed by atoms with E-state index >= 15 is 0 Å². The highest BCUT2D eigenvalue weighted by molar-refractivity contribution is 7.91. The van der Waals surface area contributed by atoms with E-state index in [9.17, 15) is 18.0 Å². The van der Waals surface area contributed by atoms with Gasteiger partial charge in [-0.15, -0.1) is 0 Å². The summed E-state index contributed by atoms with van der Waals surface area (Å²) in [5, 5.41) is 2.74. The molecule has 29 heavy (non-hydrogen) atoms. The lowest BCUT2D eigenvalue weighted by Gasteiger charge is -2.32. The number of nitrogens with one attached hydrogen (secondary N) is 1. The summed E-state index contributed by atoms with van der Waals surface area (Å²) in [6.45, 7) is 2.92. The first kappa shape index (κ1) is 20.8. The molecule has 1 aliphatic heterocycles. The Morgan fingerprint density at radius 3 is 2.52 bits per heavy atom. The summed E-state index contributed by atoms with van der Waals surface area (Å²) < 4.78 is 23.7. The molecular weight excluding hydrogens is 392 g/mol. The van der Waals surface area contributed by atoms with Crippen LogP contribution >= 0.6 is 0 Å². The SMILES string of the molecule is CCS(=O)(=O)c1ccc(C(=O)Nc2ccc(N3CCCC(C(N)=O)C3)nc2)cc1. The Labute approximate surface area is 170 Å². The van der Waals surface area contributed by atoms with Crippen molar-refractivity contribution in [2.75, 3.05) is 29.1 Å². The first-order valence-electron chi connectivity index (χ1n) is 9.44. The summed E-state index contributed by atoms with van der Waals surface area (Å²) in [6.07, 6.45) is 3.22. The third-order valence-electron chi connectivity index (χ3n) is 5.01. The molecule has 3 rings (SSSR count). The number of primary amides is 1. The topological polar surface area (TPSA) is 122 Å². The highest BCUT2D eigenvalue weighted by Crippen LogP contribution is 2.22. The molecule has 2 amide bonds. The molecular formula is C20H24N4O4S. The van der Waals surface area contributed by atoms with Gasteiger partial charge in [-0.1, -0.05) is 6.92 Å². The van der Waals surface area contributed by atoms with Gasteiger partial charge in [-0.2, -0.15) is 0 Å². The predicted octanol–water partition coefficient (Wildman–Crippen LogP) is 1.83.